The van der Waals surface area contributed by atoms with Crippen LogP contribution in [0.4, 0.5) is 0 Å². The van der Waals surface area contributed by atoms with Crippen molar-refractivity contribution in [3.63, 3.8) is 0 Å². The monoisotopic (exact) mass is 986 g/mol. The third-order valence-electron chi connectivity index (χ3n) is 13.9. The van der Waals surface area contributed by atoms with Crippen LogP contribution in [-0.2, 0) is 63.5 Å². The quantitative estimate of drug-likeness (QED) is 0.0987. The molecule has 6 unspecified atom stereocenters. The lowest BCUT2D eigenvalue weighted by Crippen LogP contribution is -2.66. The lowest BCUT2D eigenvalue weighted by Gasteiger charge is -2.50. The molecule has 3 aliphatic heterocycles. The van der Waals surface area contributed by atoms with Crippen molar-refractivity contribution in [3.8, 4) is 0 Å². The second-order valence-electron chi connectivity index (χ2n) is 19.8. The van der Waals surface area contributed by atoms with Gasteiger partial charge in [0.25, 0.3) is 0 Å². The Morgan fingerprint density at radius 2 is 1.69 bits per heavy atom. The van der Waals surface area contributed by atoms with Gasteiger partial charge in [0.2, 0.25) is 0 Å². The van der Waals surface area contributed by atoms with Crippen LogP contribution in [0.15, 0.2) is 48.7 Å². The van der Waals surface area contributed by atoms with E-state index < -0.39 is 115 Å². The van der Waals surface area contributed by atoms with E-state index in [4.69, 9.17) is 37.9 Å². The van der Waals surface area contributed by atoms with E-state index >= 15 is 0 Å². The number of hydrogen-bond acceptors (Lipinski definition) is 18. The molecule has 0 radical (unpaired) electrons. The summed E-state index contributed by atoms with van der Waals surface area (Å²) < 4.78 is 49.3. The van der Waals surface area contributed by atoms with Crippen LogP contribution in [0.25, 0.3) is 10.9 Å². The molecule has 4 heterocycles. The summed E-state index contributed by atoms with van der Waals surface area (Å²) in [7, 11) is 6.82. The number of hydrogen-bond donors (Lipinski definition) is 3. The fourth-order valence-corrected chi connectivity index (χ4v) is 10.1. The summed E-state index contributed by atoms with van der Waals surface area (Å²) in [5.74, 6) is -2.90. The molecule has 5 rings (SSSR count). The van der Waals surface area contributed by atoms with E-state index in [1.165, 1.54) is 7.11 Å². The molecule has 1 aromatic carbocycles. The third-order valence-corrected chi connectivity index (χ3v) is 13.9. The fourth-order valence-electron chi connectivity index (χ4n) is 10.1. The van der Waals surface area contributed by atoms with Crippen LogP contribution in [0.3, 0.4) is 0 Å². The van der Waals surface area contributed by atoms with Gasteiger partial charge in [0, 0.05) is 57.5 Å². The molecule has 0 spiro atoms. The number of pyridine rings is 1. The van der Waals surface area contributed by atoms with Crippen molar-refractivity contribution in [1.82, 2.24) is 14.8 Å². The van der Waals surface area contributed by atoms with Crippen LogP contribution in [-0.4, -0.2) is 181 Å². The summed E-state index contributed by atoms with van der Waals surface area (Å²) in [6, 6.07) is 9.24. The second kappa shape index (κ2) is 26.7. The first-order chi connectivity index (χ1) is 33.3. The maximum Gasteiger partial charge on any atom is 0.309 e. The summed E-state index contributed by atoms with van der Waals surface area (Å²) in [6.07, 6.45) is -3.86. The molecule has 70 heavy (non-hydrogen) atoms. The van der Waals surface area contributed by atoms with Crippen molar-refractivity contribution < 1.29 is 72.4 Å². The average Bonchev–Trinajstić information content (AvgIpc) is 3.30. The van der Waals surface area contributed by atoms with Crippen LogP contribution in [0.1, 0.15) is 92.1 Å². The molecule has 0 bridgehead atoms. The number of ether oxygens (including phenoxy) is 8. The number of rotatable bonds is 15. The number of carbonyl (C=O) groups is 4. The van der Waals surface area contributed by atoms with E-state index in [1.807, 2.05) is 43.1 Å². The second-order valence-corrected chi connectivity index (χ2v) is 19.8. The Morgan fingerprint density at radius 1 is 0.971 bits per heavy atom. The highest BCUT2D eigenvalue weighted by Gasteiger charge is 2.53. The number of methoxy groups -OCH3 is 1. The van der Waals surface area contributed by atoms with Crippen LogP contribution in [0, 0.1) is 17.8 Å². The molecule has 1 aromatic heterocycles. The molecule has 0 amide bonds. The summed E-state index contributed by atoms with van der Waals surface area (Å²) in [5, 5.41) is 36.5. The van der Waals surface area contributed by atoms with Gasteiger partial charge in [-0.25, -0.2) is 0 Å². The molecule has 392 valence electrons. The van der Waals surface area contributed by atoms with Gasteiger partial charge < -0.3 is 67.8 Å². The van der Waals surface area contributed by atoms with Crippen LogP contribution in [0.5, 0.6) is 0 Å². The highest BCUT2D eigenvalue weighted by atomic mass is 16.7. The summed E-state index contributed by atoms with van der Waals surface area (Å²) in [4.78, 5) is 60.1. The minimum absolute atomic E-state index is 0.0117. The number of benzene rings is 1. The molecule has 3 fully saturated rings. The Labute approximate surface area is 413 Å². The van der Waals surface area contributed by atoms with Crippen molar-refractivity contribution in [1.29, 1.82) is 0 Å². The number of esters is 3. The normalized spacial score (nSPS) is 35.6. The lowest BCUT2D eigenvalue weighted by molar-refractivity contribution is -0.344. The predicted molar refractivity (Wildman–Crippen MR) is 258 cm³/mol. The topological polar surface area (TPSA) is 222 Å². The molecule has 18 heteroatoms. The van der Waals surface area contributed by atoms with Crippen molar-refractivity contribution in [2.45, 2.75) is 172 Å². The van der Waals surface area contributed by atoms with E-state index in [9.17, 15) is 34.5 Å². The Balaban J connectivity index is 1.41. The van der Waals surface area contributed by atoms with E-state index in [2.05, 4.69) is 23.2 Å². The van der Waals surface area contributed by atoms with Gasteiger partial charge in [0.05, 0.1) is 49.0 Å². The zero-order valence-electron chi connectivity index (χ0n) is 42.7. The number of fused-ring (bicyclic) bond motifs is 1. The highest BCUT2D eigenvalue weighted by molar-refractivity contribution is 5.81. The number of β-amino-alcohol motifs (C(OH)–C–C–N with tert-alkyl or cyclic N) is 1. The molecule has 3 N–H and O–H groups in total. The number of aliphatic hydroxyl groups is 3. The number of cyclic esters (lactones) is 1. The van der Waals surface area contributed by atoms with E-state index in [1.54, 1.807) is 59.8 Å². The summed E-state index contributed by atoms with van der Waals surface area (Å²) in [6.45, 7) is 11.1. The first kappa shape index (κ1) is 57.0. The molecular weight excluding hydrogens is 907 g/mol. The van der Waals surface area contributed by atoms with E-state index in [-0.39, 0.29) is 44.6 Å². The number of likely N-dealkylation sites (N-methyl/N-ethyl adjacent to an activating group) is 2. The number of carbonyl (C=O) groups excluding carboxylic acids is 4. The Hall–Kier alpha value is -3.95. The van der Waals surface area contributed by atoms with Gasteiger partial charge in [-0.15, -0.1) is 0 Å². The molecule has 2 aromatic rings. The largest absolute Gasteiger partial charge is 0.466 e. The van der Waals surface area contributed by atoms with E-state index in [0.717, 1.165) is 22.8 Å². The molecule has 18 nitrogen and oxygen atoms in total. The van der Waals surface area contributed by atoms with E-state index in [0.29, 0.717) is 25.9 Å². The van der Waals surface area contributed by atoms with Gasteiger partial charge in [-0.1, -0.05) is 57.2 Å². The molecule has 16 atom stereocenters. The Kier molecular flexibility index (Phi) is 21.7. The Bertz CT molecular complexity index is 2010. The van der Waals surface area contributed by atoms with Gasteiger partial charge in [0.1, 0.15) is 36.3 Å². The number of allylic oxidation sites excluding steroid dienone is 1. The standard InChI is InChI=1S/C52H79N3O15/c1-11-40(58)67-39-27-42(60)64-25-22-34(16-13-17-35-18-14-19-36-20-15-23-53-44(35)36)29-55(9)30-38(57)31(3)26-37(21-24-56)48(49(39)63-10)70-51-46(61)45(54(7)8)47(32(4)66-51)69-43-28-52(6,62)50(33(5)65-43)68-41(59)12-2/h13-16,18-20,23-24,31-34,37-39,43,45-51,57,61-62H,11-12,17,21-22,25-30H2,1-10H3/b16-13+/t31-,32?,33?,34?,37+,38+,39-,43+,45?,46?,47+,48+,49+,50+,51+,52?/m1/s1. The Morgan fingerprint density at radius 3 is 2.36 bits per heavy atom. The van der Waals surface area contributed by atoms with Crippen molar-refractivity contribution >= 4 is 35.1 Å². The highest BCUT2D eigenvalue weighted by Crippen LogP contribution is 2.38. The number of aldehydes is 1. The lowest BCUT2D eigenvalue weighted by atomic mass is 9.82. The first-order valence-corrected chi connectivity index (χ1v) is 24.9. The summed E-state index contributed by atoms with van der Waals surface area (Å²) in [5.41, 5.74) is 0.512. The predicted octanol–water partition coefficient (Wildman–Crippen LogP) is 4.16. The molecule has 0 aliphatic carbocycles. The SMILES string of the molecule is CCC(=O)O[C@@H]1CC(=O)OCCC(/C=C/Cc2cccc3cccnc23)CN(C)C[C@H](O)[C@H](C)C[C@H](CC=O)[C@H](O[C@@H]2OC(C)[C@H](O[C@H]3CC(C)(O)[C@@H](OC(=O)CC)C(C)O3)C(N(C)C)C2O)[C@H]1OC. The van der Waals surface area contributed by atoms with Crippen LogP contribution in [0.2, 0.25) is 0 Å². The van der Waals surface area contributed by atoms with Gasteiger partial charge in [-0.3, -0.25) is 19.4 Å². The molecule has 3 aliphatic rings. The van der Waals surface area contributed by atoms with Gasteiger partial charge in [0.15, 0.2) is 18.7 Å². The van der Waals surface area contributed by atoms with Crippen LogP contribution >= 0.6 is 0 Å². The minimum Gasteiger partial charge on any atom is -0.466 e. The maximum atomic E-state index is 13.8. The average molecular weight is 986 g/mol. The smallest absolute Gasteiger partial charge is 0.309 e. The molecule has 0 saturated carbocycles. The molecule has 3 saturated heterocycles. The van der Waals surface area contributed by atoms with Gasteiger partial charge in [-0.05, 0) is 90.6 Å². The zero-order valence-corrected chi connectivity index (χ0v) is 42.7. The maximum absolute atomic E-state index is 13.8. The minimum atomic E-state index is -1.50. The van der Waals surface area contributed by atoms with Crippen LogP contribution < -0.4 is 0 Å². The third kappa shape index (κ3) is 15.3. The van der Waals surface area contributed by atoms with Crippen molar-refractivity contribution in [3.05, 3.63) is 54.2 Å². The van der Waals surface area contributed by atoms with Gasteiger partial charge >= 0.3 is 17.9 Å². The number of aromatic nitrogens is 1. The number of para-hydroxylation sites is 1. The van der Waals surface area contributed by atoms with Crippen molar-refractivity contribution in [2.24, 2.45) is 17.8 Å². The number of aliphatic hydroxyl groups excluding tert-OH is 2. The zero-order chi connectivity index (χ0) is 51.3. The summed E-state index contributed by atoms with van der Waals surface area (Å²) >= 11 is 0. The first-order valence-electron chi connectivity index (χ1n) is 24.9. The fraction of sp³-hybridized carbons (Fsp3) is 0.712. The van der Waals surface area contributed by atoms with Gasteiger partial charge in [-0.2, -0.15) is 0 Å². The molecular formula is C52H79N3O15. The van der Waals surface area contributed by atoms with Crippen molar-refractivity contribution in [2.75, 3.05) is 47.9 Å². The number of nitrogens with zero attached hydrogens (tertiary/aromatic N) is 3.